The molecule has 0 aromatic heterocycles. The summed E-state index contributed by atoms with van der Waals surface area (Å²) in [4.78, 5) is 17.0. The molecule has 1 amide bonds. The van der Waals surface area contributed by atoms with Crippen LogP contribution in [0.15, 0.2) is 0 Å². The van der Waals surface area contributed by atoms with E-state index in [1.54, 1.807) is 0 Å². The maximum atomic E-state index is 12.5. The quantitative estimate of drug-likeness (QED) is 0.755. The zero-order chi connectivity index (χ0) is 13.3. The molecule has 0 saturated carbocycles. The van der Waals surface area contributed by atoms with Gasteiger partial charge in [0.15, 0.2) is 0 Å². The summed E-state index contributed by atoms with van der Waals surface area (Å²) in [6.45, 7) is 13.5. The Bertz CT molecular complexity index is 311. The second-order valence-corrected chi connectivity index (χ2v) is 6.74. The standard InChI is InChI=1S/C14H27N3O/c1-11-9-16(8-6-15-11)13(18)12-5-7-17(10-12)14(2,3)4/h11-12,15H,5-10H2,1-4H3. The minimum atomic E-state index is 0.186. The molecule has 18 heavy (non-hydrogen) atoms. The van der Waals surface area contributed by atoms with Gasteiger partial charge < -0.3 is 10.2 Å². The maximum Gasteiger partial charge on any atom is 0.227 e. The highest BCUT2D eigenvalue weighted by molar-refractivity contribution is 5.79. The summed E-state index contributed by atoms with van der Waals surface area (Å²) in [5.41, 5.74) is 0.186. The second-order valence-electron chi connectivity index (χ2n) is 6.74. The number of amides is 1. The largest absolute Gasteiger partial charge is 0.340 e. The molecule has 0 aromatic rings. The van der Waals surface area contributed by atoms with Gasteiger partial charge in [0.25, 0.3) is 0 Å². The van der Waals surface area contributed by atoms with Crippen LogP contribution < -0.4 is 5.32 Å². The molecule has 0 aliphatic carbocycles. The second kappa shape index (κ2) is 5.17. The van der Waals surface area contributed by atoms with E-state index in [4.69, 9.17) is 0 Å². The third-order valence-electron chi connectivity index (χ3n) is 4.17. The average molecular weight is 253 g/mol. The van der Waals surface area contributed by atoms with E-state index in [-0.39, 0.29) is 11.5 Å². The third kappa shape index (κ3) is 3.04. The molecule has 2 atom stereocenters. The van der Waals surface area contributed by atoms with Crippen molar-refractivity contribution < 1.29 is 4.79 Å². The number of carbonyl (C=O) groups excluding carboxylic acids is 1. The molecule has 4 nitrogen and oxygen atoms in total. The Kier molecular flexibility index (Phi) is 3.97. The molecule has 0 bridgehead atoms. The van der Waals surface area contributed by atoms with E-state index < -0.39 is 0 Å². The third-order valence-corrected chi connectivity index (χ3v) is 4.17. The number of likely N-dealkylation sites (tertiary alicyclic amines) is 1. The van der Waals surface area contributed by atoms with Crippen LogP contribution in [0.1, 0.15) is 34.1 Å². The Morgan fingerprint density at radius 1 is 1.22 bits per heavy atom. The van der Waals surface area contributed by atoms with E-state index in [0.29, 0.717) is 11.9 Å². The van der Waals surface area contributed by atoms with E-state index >= 15 is 0 Å². The Labute approximate surface area is 111 Å². The first-order valence-electron chi connectivity index (χ1n) is 7.15. The van der Waals surface area contributed by atoms with Crippen molar-refractivity contribution >= 4 is 5.91 Å². The lowest BCUT2D eigenvalue weighted by atomic mass is 10.0. The molecule has 2 saturated heterocycles. The molecule has 0 aromatic carbocycles. The first-order valence-corrected chi connectivity index (χ1v) is 7.15. The molecule has 2 rings (SSSR count). The molecular weight excluding hydrogens is 226 g/mol. The van der Waals surface area contributed by atoms with E-state index in [1.165, 1.54) is 0 Å². The van der Waals surface area contributed by atoms with Gasteiger partial charge >= 0.3 is 0 Å². The number of carbonyl (C=O) groups is 1. The van der Waals surface area contributed by atoms with Gasteiger partial charge in [0.1, 0.15) is 0 Å². The van der Waals surface area contributed by atoms with Crippen molar-refractivity contribution in [3.05, 3.63) is 0 Å². The van der Waals surface area contributed by atoms with Crippen molar-refractivity contribution in [2.24, 2.45) is 5.92 Å². The SMILES string of the molecule is CC1CN(C(=O)C2CCN(C(C)(C)C)C2)CCN1. The topological polar surface area (TPSA) is 35.6 Å². The minimum Gasteiger partial charge on any atom is -0.340 e. The molecule has 1 N–H and O–H groups in total. The molecule has 2 heterocycles. The summed E-state index contributed by atoms with van der Waals surface area (Å²) < 4.78 is 0. The molecule has 4 heteroatoms. The van der Waals surface area contributed by atoms with Crippen LogP contribution in [-0.4, -0.2) is 60.0 Å². The van der Waals surface area contributed by atoms with Gasteiger partial charge in [-0.2, -0.15) is 0 Å². The first-order chi connectivity index (χ1) is 8.38. The predicted octanol–water partition coefficient (Wildman–Crippen LogP) is 0.927. The number of nitrogens with zero attached hydrogens (tertiary/aromatic N) is 2. The van der Waals surface area contributed by atoms with E-state index in [9.17, 15) is 4.79 Å². The van der Waals surface area contributed by atoms with Gasteiger partial charge in [-0.15, -0.1) is 0 Å². The van der Waals surface area contributed by atoms with Crippen LogP contribution >= 0.6 is 0 Å². The van der Waals surface area contributed by atoms with E-state index in [2.05, 4.69) is 42.8 Å². The average Bonchev–Trinajstić information content (AvgIpc) is 2.77. The highest BCUT2D eigenvalue weighted by atomic mass is 16.2. The minimum absolute atomic E-state index is 0.186. The molecule has 2 unspecified atom stereocenters. The molecule has 2 aliphatic rings. The molecule has 2 fully saturated rings. The van der Waals surface area contributed by atoms with Crippen LogP contribution in [0.2, 0.25) is 0 Å². The van der Waals surface area contributed by atoms with Gasteiger partial charge in [-0.25, -0.2) is 0 Å². The zero-order valence-electron chi connectivity index (χ0n) is 12.2. The maximum absolute atomic E-state index is 12.5. The summed E-state index contributed by atoms with van der Waals surface area (Å²) >= 11 is 0. The zero-order valence-corrected chi connectivity index (χ0v) is 12.2. The van der Waals surface area contributed by atoms with Crippen LogP contribution in [-0.2, 0) is 4.79 Å². The fraction of sp³-hybridized carbons (Fsp3) is 0.929. The van der Waals surface area contributed by atoms with Crippen molar-refractivity contribution in [2.45, 2.75) is 45.7 Å². The summed E-state index contributed by atoms with van der Waals surface area (Å²) in [6.07, 6.45) is 1.02. The molecular formula is C14H27N3O. The highest BCUT2D eigenvalue weighted by Crippen LogP contribution is 2.25. The highest BCUT2D eigenvalue weighted by Gasteiger charge is 2.36. The van der Waals surface area contributed by atoms with Crippen molar-refractivity contribution in [1.82, 2.24) is 15.1 Å². The van der Waals surface area contributed by atoms with Crippen molar-refractivity contribution in [3.8, 4) is 0 Å². The van der Waals surface area contributed by atoms with Crippen molar-refractivity contribution in [3.63, 3.8) is 0 Å². The van der Waals surface area contributed by atoms with Gasteiger partial charge in [-0.3, -0.25) is 9.69 Å². The fourth-order valence-corrected chi connectivity index (χ4v) is 2.96. The van der Waals surface area contributed by atoms with E-state index in [1.807, 2.05) is 0 Å². The number of piperazine rings is 1. The molecule has 0 spiro atoms. The molecule has 104 valence electrons. The van der Waals surface area contributed by atoms with Gasteiger partial charge in [0.2, 0.25) is 5.91 Å². The lowest BCUT2D eigenvalue weighted by Gasteiger charge is -2.34. The molecule has 2 aliphatic heterocycles. The van der Waals surface area contributed by atoms with Gasteiger partial charge in [-0.1, -0.05) is 0 Å². The van der Waals surface area contributed by atoms with Crippen LogP contribution in [0, 0.1) is 5.92 Å². The van der Waals surface area contributed by atoms with Gasteiger partial charge in [0.05, 0.1) is 5.92 Å². The fourth-order valence-electron chi connectivity index (χ4n) is 2.96. The van der Waals surface area contributed by atoms with Gasteiger partial charge in [-0.05, 0) is 40.7 Å². The lowest BCUT2D eigenvalue weighted by Crippen LogP contribution is -2.53. The number of nitrogens with one attached hydrogen (secondary N) is 1. The van der Waals surface area contributed by atoms with Crippen molar-refractivity contribution in [1.29, 1.82) is 0 Å². The van der Waals surface area contributed by atoms with Gasteiger partial charge in [0, 0.05) is 37.8 Å². The number of rotatable bonds is 1. The monoisotopic (exact) mass is 253 g/mol. The normalized spacial score (nSPS) is 30.8. The summed E-state index contributed by atoms with van der Waals surface area (Å²) in [6, 6.07) is 0.433. The molecule has 0 radical (unpaired) electrons. The Balaban J connectivity index is 1.91. The summed E-state index contributed by atoms with van der Waals surface area (Å²) in [7, 11) is 0. The van der Waals surface area contributed by atoms with Crippen LogP contribution in [0.4, 0.5) is 0 Å². The predicted molar refractivity (Wildman–Crippen MR) is 73.5 cm³/mol. The van der Waals surface area contributed by atoms with Crippen LogP contribution in [0.25, 0.3) is 0 Å². The Hall–Kier alpha value is -0.610. The summed E-state index contributed by atoms with van der Waals surface area (Å²) in [5, 5.41) is 3.39. The lowest BCUT2D eigenvalue weighted by molar-refractivity contribution is -0.136. The number of hydrogen-bond donors (Lipinski definition) is 1. The first kappa shape index (κ1) is 13.8. The van der Waals surface area contributed by atoms with Crippen LogP contribution in [0.3, 0.4) is 0 Å². The smallest absolute Gasteiger partial charge is 0.227 e. The van der Waals surface area contributed by atoms with Crippen molar-refractivity contribution in [2.75, 3.05) is 32.7 Å². The number of hydrogen-bond acceptors (Lipinski definition) is 3. The Morgan fingerprint density at radius 2 is 1.94 bits per heavy atom. The van der Waals surface area contributed by atoms with Crippen LogP contribution in [0.5, 0.6) is 0 Å². The Morgan fingerprint density at radius 3 is 2.50 bits per heavy atom. The summed E-state index contributed by atoms with van der Waals surface area (Å²) in [5.74, 6) is 0.588. The van der Waals surface area contributed by atoms with E-state index in [0.717, 1.165) is 39.1 Å².